The fourth-order valence-electron chi connectivity index (χ4n) is 2.08. The van der Waals surface area contributed by atoms with Crippen LogP contribution in [0.3, 0.4) is 0 Å². The van der Waals surface area contributed by atoms with Gasteiger partial charge in [0.25, 0.3) is 0 Å². The fraction of sp³-hybridized carbons (Fsp3) is 0. The predicted molar refractivity (Wildman–Crippen MR) is 78.7 cm³/mol. The molecule has 0 atom stereocenters. The number of hydrogen-bond donors (Lipinski definition) is 1. The number of halogens is 4. The fourth-order valence-corrected chi connectivity index (χ4v) is 3.12. The van der Waals surface area contributed by atoms with E-state index in [0.29, 0.717) is 37.1 Å². The summed E-state index contributed by atoms with van der Waals surface area (Å²) in [5.41, 5.74) is 1.87. The Balaban J connectivity index is 2.30. The molecule has 0 aliphatic heterocycles. The molecule has 1 heterocycles. The van der Waals surface area contributed by atoms with Gasteiger partial charge in [-0.05, 0) is 35.9 Å². The van der Waals surface area contributed by atoms with E-state index in [1.54, 1.807) is 30.5 Å². The van der Waals surface area contributed by atoms with E-state index in [-0.39, 0.29) is 5.82 Å². The molecule has 1 aromatic heterocycles. The minimum atomic E-state index is -0.323. The van der Waals surface area contributed by atoms with Gasteiger partial charge in [0, 0.05) is 27.7 Å². The molecule has 0 radical (unpaired) electrons. The monoisotopic (exact) mass is 313 g/mol. The highest BCUT2D eigenvalue weighted by Gasteiger charge is 2.13. The highest BCUT2D eigenvalue weighted by atomic mass is 35.5. The average molecular weight is 315 g/mol. The summed E-state index contributed by atoms with van der Waals surface area (Å²) in [7, 11) is 0. The number of aromatic amines is 1. The largest absolute Gasteiger partial charge is 0.361 e. The molecule has 0 saturated heterocycles. The Morgan fingerprint density at radius 2 is 1.63 bits per heavy atom. The summed E-state index contributed by atoms with van der Waals surface area (Å²) in [6.07, 6.45) is 1.68. The van der Waals surface area contributed by atoms with Gasteiger partial charge in [0.05, 0.1) is 10.0 Å². The van der Waals surface area contributed by atoms with Gasteiger partial charge in [0.1, 0.15) is 5.82 Å². The molecule has 0 aliphatic carbocycles. The maximum atomic E-state index is 14.0. The Labute approximate surface area is 123 Å². The summed E-state index contributed by atoms with van der Waals surface area (Å²) >= 11 is 18.2. The summed E-state index contributed by atoms with van der Waals surface area (Å²) in [6, 6.07) is 8.07. The van der Waals surface area contributed by atoms with Crippen molar-refractivity contribution in [2.24, 2.45) is 0 Å². The van der Waals surface area contributed by atoms with Gasteiger partial charge in [0.15, 0.2) is 0 Å². The third kappa shape index (κ3) is 2.20. The third-order valence-electron chi connectivity index (χ3n) is 2.91. The third-order valence-corrected chi connectivity index (χ3v) is 3.73. The van der Waals surface area contributed by atoms with Crippen molar-refractivity contribution in [3.05, 3.63) is 57.4 Å². The molecule has 1 nitrogen and oxygen atoms in total. The van der Waals surface area contributed by atoms with Gasteiger partial charge in [-0.15, -0.1) is 0 Å². The summed E-state index contributed by atoms with van der Waals surface area (Å²) in [5, 5.41) is 1.76. The van der Waals surface area contributed by atoms with Crippen molar-refractivity contribution in [2.75, 3.05) is 0 Å². The van der Waals surface area contributed by atoms with E-state index in [4.69, 9.17) is 34.8 Å². The maximum Gasteiger partial charge on any atom is 0.133 e. The van der Waals surface area contributed by atoms with Crippen LogP contribution in [-0.4, -0.2) is 4.98 Å². The molecule has 0 unspecified atom stereocenters. The van der Waals surface area contributed by atoms with E-state index in [2.05, 4.69) is 4.98 Å². The molecule has 0 fully saturated rings. The first kappa shape index (κ1) is 12.8. The molecule has 0 saturated carbocycles. The smallest absolute Gasteiger partial charge is 0.133 e. The number of nitrogens with one attached hydrogen (secondary N) is 1. The van der Waals surface area contributed by atoms with E-state index in [0.717, 1.165) is 0 Å². The summed E-state index contributed by atoms with van der Waals surface area (Å²) in [4.78, 5) is 2.97. The molecule has 5 heteroatoms. The highest BCUT2D eigenvalue weighted by molar-refractivity contribution is 6.41. The van der Waals surface area contributed by atoms with Gasteiger partial charge in [0.2, 0.25) is 0 Å². The van der Waals surface area contributed by atoms with Crippen LogP contribution < -0.4 is 0 Å². The van der Waals surface area contributed by atoms with Gasteiger partial charge in [-0.25, -0.2) is 4.39 Å². The second-order valence-corrected chi connectivity index (χ2v) is 5.39. The topological polar surface area (TPSA) is 15.8 Å². The number of benzene rings is 2. The molecule has 3 aromatic rings. The molecule has 96 valence electrons. The maximum absolute atomic E-state index is 14.0. The lowest BCUT2D eigenvalue weighted by Crippen LogP contribution is -1.86. The van der Waals surface area contributed by atoms with Crippen molar-refractivity contribution in [1.29, 1.82) is 0 Å². The van der Waals surface area contributed by atoms with Crippen LogP contribution in [0.2, 0.25) is 15.1 Å². The van der Waals surface area contributed by atoms with E-state index in [9.17, 15) is 4.39 Å². The molecule has 19 heavy (non-hydrogen) atoms. The Bertz CT molecular complexity index is 756. The van der Waals surface area contributed by atoms with Crippen LogP contribution in [-0.2, 0) is 0 Å². The lowest BCUT2D eigenvalue weighted by atomic mass is 10.0. The normalized spacial score (nSPS) is 11.2. The van der Waals surface area contributed by atoms with Gasteiger partial charge < -0.3 is 4.98 Å². The van der Waals surface area contributed by atoms with E-state index in [1.807, 2.05) is 0 Å². The van der Waals surface area contributed by atoms with Gasteiger partial charge in [-0.2, -0.15) is 0 Å². The van der Waals surface area contributed by atoms with Crippen molar-refractivity contribution in [3.8, 4) is 11.1 Å². The number of aromatic nitrogens is 1. The van der Waals surface area contributed by atoms with Crippen LogP contribution in [0.5, 0.6) is 0 Å². The van der Waals surface area contributed by atoms with Crippen molar-refractivity contribution in [3.63, 3.8) is 0 Å². The van der Waals surface area contributed by atoms with Crippen molar-refractivity contribution in [2.45, 2.75) is 0 Å². The van der Waals surface area contributed by atoms with Gasteiger partial charge >= 0.3 is 0 Å². The van der Waals surface area contributed by atoms with Crippen LogP contribution in [0.4, 0.5) is 4.39 Å². The Morgan fingerprint density at radius 1 is 0.947 bits per heavy atom. The Hall–Kier alpha value is -1.22. The molecular formula is C14H7Cl3FN. The Morgan fingerprint density at radius 3 is 2.32 bits per heavy atom. The van der Waals surface area contributed by atoms with Crippen LogP contribution in [0.15, 0.2) is 36.5 Å². The number of rotatable bonds is 1. The molecule has 3 rings (SSSR count). The second-order valence-electron chi connectivity index (χ2n) is 4.14. The van der Waals surface area contributed by atoms with E-state index < -0.39 is 0 Å². The van der Waals surface area contributed by atoms with Crippen LogP contribution >= 0.6 is 34.8 Å². The predicted octanol–water partition coefficient (Wildman–Crippen LogP) is 5.93. The SMILES string of the molecule is Fc1cc(-c2c(Cl)cc(Cl)cc2Cl)cc2[nH]ccc12. The first-order chi connectivity index (χ1) is 9.06. The molecule has 0 amide bonds. The zero-order chi connectivity index (χ0) is 13.6. The highest BCUT2D eigenvalue weighted by Crippen LogP contribution is 2.38. The average Bonchev–Trinajstić information content (AvgIpc) is 2.76. The molecule has 0 aliphatic rings. The van der Waals surface area contributed by atoms with Crippen LogP contribution in [0.25, 0.3) is 22.0 Å². The summed E-state index contributed by atoms with van der Waals surface area (Å²) in [6.45, 7) is 0. The van der Waals surface area contributed by atoms with Gasteiger partial charge in [-0.3, -0.25) is 0 Å². The molecule has 0 bridgehead atoms. The van der Waals surface area contributed by atoms with Crippen LogP contribution in [0.1, 0.15) is 0 Å². The Kier molecular flexibility index (Phi) is 3.17. The lowest BCUT2D eigenvalue weighted by molar-refractivity contribution is 0.640. The zero-order valence-corrected chi connectivity index (χ0v) is 11.7. The summed E-state index contributed by atoms with van der Waals surface area (Å²) in [5.74, 6) is -0.323. The first-order valence-corrected chi connectivity index (χ1v) is 6.61. The molecular weight excluding hydrogens is 308 g/mol. The summed E-state index contributed by atoms with van der Waals surface area (Å²) < 4.78 is 14.0. The van der Waals surface area contributed by atoms with Crippen molar-refractivity contribution >= 4 is 45.7 Å². The lowest BCUT2D eigenvalue weighted by Gasteiger charge is -2.09. The van der Waals surface area contributed by atoms with E-state index >= 15 is 0 Å². The quantitative estimate of drug-likeness (QED) is 0.572. The number of fused-ring (bicyclic) bond motifs is 1. The standard InChI is InChI=1S/C14H7Cl3FN/c15-8-5-10(16)14(11(17)6-8)7-3-12(18)9-1-2-19-13(9)4-7/h1-6,19H. The zero-order valence-electron chi connectivity index (χ0n) is 9.48. The molecule has 1 N–H and O–H groups in total. The van der Waals surface area contributed by atoms with E-state index in [1.165, 1.54) is 6.07 Å². The first-order valence-electron chi connectivity index (χ1n) is 5.48. The molecule has 0 spiro atoms. The second kappa shape index (κ2) is 4.71. The minimum absolute atomic E-state index is 0.323. The van der Waals surface area contributed by atoms with Crippen molar-refractivity contribution < 1.29 is 4.39 Å². The number of hydrogen-bond acceptors (Lipinski definition) is 0. The van der Waals surface area contributed by atoms with Gasteiger partial charge in [-0.1, -0.05) is 34.8 Å². The number of H-pyrrole nitrogens is 1. The minimum Gasteiger partial charge on any atom is -0.361 e. The van der Waals surface area contributed by atoms with Crippen LogP contribution in [0, 0.1) is 5.82 Å². The molecule has 2 aromatic carbocycles. The van der Waals surface area contributed by atoms with Crippen molar-refractivity contribution in [1.82, 2.24) is 4.98 Å².